The normalized spacial score (nSPS) is 9.30. The first-order valence-electron chi connectivity index (χ1n) is 6.22. The number of aliphatic hydroxyl groups is 1. The van der Waals surface area contributed by atoms with Gasteiger partial charge < -0.3 is 15.7 Å². The van der Waals surface area contributed by atoms with Crippen molar-refractivity contribution in [2.24, 2.45) is 0 Å². The van der Waals surface area contributed by atoms with Crippen molar-refractivity contribution < 1.29 is 14.7 Å². The van der Waals surface area contributed by atoms with Gasteiger partial charge in [-0.05, 0) is 12.1 Å². The van der Waals surface area contributed by atoms with Gasteiger partial charge in [0, 0.05) is 38.2 Å². The van der Waals surface area contributed by atoms with Crippen molar-refractivity contribution in [1.82, 2.24) is 15.6 Å². The lowest BCUT2D eigenvalue weighted by Gasteiger charge is -2.05. The Morgan fingerprint density at radius 2 is 2.05 bits per heavy atom. The van der Waals surface area contributed by atoms with E-state index in [1.807, 2.05) is 0 Å². The second kappa shape index (κ2) is 8.67. The Hall–Kier alpha value is -2.39. The molecule has 6 nitrogen and oxygen atoms in total. The summed E-state index contributed by atoms with van der Waals surface area (Å²) in [4.78, 5) is 26.4. The Morgan fingerprint density at radius 3 is 2.65 bits per heavy atom. The molecule has 6 heteroatoms. The molecule has 20 heavy (non-hydrogen) atoms. The standard InChI is InChI=1S/C14H17N3O3/c1-11(19)15-7-8-16-14(20)13-6-5-12(10-17-13)4-2-3-9-18/h5-6,10,18H,3,7-9H2,1H3,(H,15,19)(H,16,20). The summed E-state index contributed by atoms with van der Waals surface area (Å²) in [6, 6.07) is 3.27. The molecule has 0 atom stereocenters. The summed E-state index contributed by atoms with van der Waals surface area (Å²) < 4.78 is 0. The molecule has 3 N–H and O–H groups in total. The van der Waals surface area contributed by atoms with E-state index in [2.05, 4.69) is 27.5 Å². The van der Waals surface area contributed by atoms with Crippen LogP contribution < -0.4 is 10.6 Å². The van der Waals surface area contributed by atoms with Crippen LogP contribution in [0.15, 0.2) is 18.3 Å². The highest BCUT2D eigenvalue weighted by molar-refractivity contribution is 5.92. The number of nitrogens with one attached hydrogen (secondary N) is 2. The lowest BCUT2D eigenvalue weighted by Crippen LogP contribution is -2.33. The number of rotatable bonds is 5. The molecule has 2 amide bonds. The van der Waals surface area contributed by atoms with Gasteiger partial charge in [0.25, 0.3) is 5.91 Å². The number of amides is 2. The summed E-state index contributed by atoms with van der Waals surface area (Å²) in [5.41, 5.74) is 0.980. The molecule has 1 heterocycles. The SMILES string of the molecule is CC(=O)NCCNC(=O)c1ccc(C#CCCO)cn1. The number of hydrogen-bond acceptors (Lipinski definition) is 4. The smallest absolute Gasteiger partial charge is 0.269 e. The van der Waals surface area contributed by atoms with Crippen LogP contribution in [-0.2, 0) is 4.79 Å². The number of hydrogen-bond donors (Lipinski definition) is 3. The number of nitrogens with zero attached hydrogens (tertiary/aromatic N) is 1. The molecule has 0 saturated carbocycles. The fourth-order valence-electron chi connectivity index (χ4n) is 1.33. The Bertz CT molecular complexity index is 515. The zero-order valence-corrected chi connectivity index (χ0v) is 11.3. The molecule has 0 saturated heterocycles. The van der Waals surface area contributed by atoms with E-state index in [9.17, 15) is 9.59 Å². The highest BCUT2D eigenvalue weighted by Gasteiger charge is 2.05. The topological polar surface area (TPSA) is 91.3 Å². The van der Waals surface area contributed by atoms with Crippen LogP contribution >= 0.6 is 0 Å². The summed E-state index contributed by atoms with van der Waals surface area (Å²) in [7, 11) is 0. The minimum absolute atomic E-state index is 0.0230. The molecule has 0 bridgehead atoms. The zero-order chi connectivity index (χ0) is 14.8. The van der Waals surface area contributed by atoms with Gasteiger partial charge in [0.2, 0.25) is 5.91 Å². The van der Waals surface area contributed by atoms with E-state index in [4.69, 9.17) is 5.11 Å². The van der Waals surface area contributed by atoms with E-state index in [1.165, 1.54) is 13.1 Å². The molecule has 1 rings (SSSR count). The molecule has 0 unspecified atom stereocenters. The third-order valence-electron chi connectivity index (χ3n) is 2.25. The van der Waals surface area contributed by atoms with E-state index in [1.54, 1.807) is 12.1 Å². The second-order valence-corrected chi connectivity index (χ2v) is 3.95. The maximum absolute atomic E-state index is 11.7. The van der Waals surface area contributed by atoms with Gasteiger partial charge >= 0.3 is 0 Å². The average molecular weight is 275 g/mol. The van der Waals surface area contributed by atoms with Crippen molar-refractivity contribution in [3.63, 3.8) is 0 Å². The number of aliphatic hydroxyl groups excluding tert-OH is 1. The first kappa shape index (κ1) is 15.7. The minimum atomic E-state index is -0.301. The molecule has 0 spiro atoms. The number of aromatic nitrogens is 1. The molecule has 0 aromatic carbocycles. The van der Waals surface area contributed by atoms with Crippen LogP contribution in [0.5, 0.6) is 0 Å². The van der Waals surface area contributed by atoms with Crippen molar-refractivity contribution in [3.8, 4) is 11.8 Å². The summed E-state index contributed by atoms with van der Waals surface area (Å²) in [6.45, 7) is 2.17. The van der Waals surface area contributed by atoms with Crippen molar-refractivity contribution in [2.45, 2.75) is 13.3 Å². The molecule has 1 aromatic rings. The van der Waals surface area contributed by atoms with Crippen LogP contribution in [-0.4, -0.2) is 41.6 Å². The molecule has 0 aliphatic rings. The molecule has 0 radical (unpaired) electrons. The van der Waals surface area contributed by atoms with Crippen molar-refractivity contribution in [1.29, 1.82) is 0 Å². The van der Waals surface area contributed by atoms with Crippen LogP contribution in [0.2, 0.25) is 0 Å². The van der Waals surface area contributed by atoms with Gasteiger partial charge in [-0.15, -0.1) is 0 Å². The third-order valence-corrected chi connectivity index (χ3v) is 2.25. The van der Waals surface area contributed by atoms with Gasteiger partial charge in [-0.3, -0.25) is 9.59 Å². The maximum Gasteiger partial charge on any atom is 0.269 e. The van der Waals surface area contributed by atoms with Crippen LogP contribution in [0.4, 0.5) is 0 Å². The highest BCUT2D eigenvalue weighted by Crippen LogP contribution is 1.98. The van der Waals surface area contributed by atoms with Gasteiger partial charge in [0.1, 0.15) is 5.69 Å². The maximum atomic E-state index is 11.7. The van der Waals surface area contributed by atoms with Gasteiger partial charge in [-0.25, -0.2) is 4.98 Å². The van der Waals surface area contributed by atoms with E-state index in [0.717, 1.165) is 0 Å². The summed E-state index contributed by atoms with van der Waals surface area (Å²) in [5, 5.41) is 13.8. The van der Waals surface area contributed by atoms with Crippen molar-refractivity contribution in [2.75, 3.05) is 19.7 Å². The van der Waals surface area contributed by atoms with E-state index in [0.29, 0.717) is 30.8 Å². The predicted octanol–water partition coefficient (Wildman–Crippen LogP) is -0.319. The van der Waals surface area contributed by atoms with E-state index < -0.39 is 0 Å². The Kier molecular flexibility index (Phi) is 6.79. The third kappa shape index (κ3) is 5.98. The number of pyridine rings is 1. The lowest BCUT2D eigenvalue weighted by atomic mass is 10.2. The summed E-state index contributed by atoms with van der Waals surface area (Å²) >= 11 is 0. The molecule has 0 fully saturated rings. The number of carbonyl (C=O) groups is 2. The Labute approximate surface area is 117 Å². The fraction of sp³-hybridized carbons (Fsp3) is 0.357. The van der Waals surface area contributed by atoms with Crippen LogP contribution in [0, 0.1) is 11.8 Å². The van der Waals surface area contributed by atoms with Crippen molar-refractivity contribution >= 4 is 11.8 Å². The second-order valence-electron chi connectivity index (χ2n) is 3.95. The zero-order valence-electron chi connectivity index (χ0n) is 11.3. The van der Waals surface area contributed by atoms with Gasteiger partial charge in [-0.1, -0.05) is 11.8 Å². The monoisotopic (exact) mass is 275 g/mol. The minimum Gasteiger partial charge on any atom is -0.395 e. The average Bonchev–Trinajstić information content (AvgIpc) is 2.44. The van der Waals surface area contributed by atoms with E-state index in [-0.39, 0.29) is 18.4 Å². The fourth-order valence-corrected chi connectivity index (χ4v) is 1.33. The quantitative estimate of drug-likeness (QED) is 0.507. The summed E-state index contributed by atoms with van der Waals surface area (Å²) in [6.07, 6.45) is 1.92. The van der Waals surface area contributed by atoms with E-state index >= 15 is 0 Å². The lowest BCUT2D eigenvalue weighted by molar-refractivity contribution is -0.118. The first-order chi connectivity index (χ1) is 9.63. The molecule has 0 aliphatic heterocycles. The molecular formula is C14H17N3O3. The Morgan fingerprint density at radius 1 is 1.30 bits per heavy atom. The molecule has 0 aliphatic carbocycles. The van der Waals surface area contributed by atoms with Gasteiger partial charge in [0.15, 0.2) is 0 Å². The molecule has 106 valence electrons. The predicted molar refractivity (Wildman–Crippen MR) is 73.8 cm³/mol. The molecule has 1 aromatic heterocycles. The van der Waals surface area contributed by atoms with Crippen molar-refractivity contribution in [3.05, 3.63) is 29.6 Å². The highest BCUT2D eigenvalue weighted by atomic mass is 16.2. The van der Waals surface area contributed by atoms with Crippen LogP contribution in [0.3, 0.4) is 0 Å². The largest absolute Gasteiger partial charge is 0.395 e. The Balaban J connectivity index is 2.45. The molecular weight excluding hydrogens is 258 g/mol. The first-order valence-corrected chi connectivity index (χ1v) is 6.22. The van der Waals surface area contributed by atoms with Gasteiger partial charge in [-0.2, -0.15) is 0 Å². The van der Waals surface area contributed by atoms with Crippen LogP contribution in [0.1, 0.15) is 29.4 Å². The van der Waals surface area contributed by atoms with Crippen LogP contribution in [0.25, 0.3) is 0 Å². The summed E-state index contributed by atoms with van der Waals surface area (Å²) in [5.74, 6) is 5.16. The van der Waals surface area contributed by atoms with Gasteiger partial charge in [0.05, 0.1) is 6.61 Å². The number of carbonyl (C=O) groups excluding carboxylic acids is 2.